The standard InChI is InChI=1S/C19H27N5O3S/c1-14-15(2)27-18(23-14)13-22-19(20-3)21-12-16-6-8-17(9-7-16)28(25,26)24-10-4-5-11-24/h6-9H,4-5,10-13H2,1-3H3,(H2,20,21,22). The highest BCUT2D eigenvalue weighted by molar-refractivity contribution is 7.89. The average Bonchev–Trinajstić information content (AvgIpc) is 3.33. The van der Waals surface area contributed by atoms with Crippen molar-refractivity contribution in [1.82, 2.24) is 19.9 Å². The third-order valence-electron chi connectivity index (χ3n) is 4.79. The number of hydrogen-bond donors (Lipinski definition) is 2. The quantitative estimate of drug-likeness (QED) is 0.563. The number of sulfonamides is 1. The van der Waals surface area contributed by atoms with E-state index in [4.69, 9.17) is 4.42 Å². The molecule has 3 rings (SSSR count). The summed E-state index contributed by atoms with van der Waals surface area (Å²) in [5.74, 6) is 2.03. The molecule has 9 heteroatoms. The van der Waals surface area contributed by atoms with Crippen molar-refractivity contribution >= 4 is 16.0 Å². The molecule has 0 aliphatic carbocycles. The zero-order chi connectivity index (χ0) is 20.1. The van der Waals surface area contributed by atoms with Crippen molar-refractivity contribution in [3.05, 3.63) is 47.2 Å². The van der Waals surface area contributed by atoms with Gasteiger partial charge in [-0.25, -0.2) is 13.4 Å². The first-order valence-corrected chi connectivity index (χ1v) is 10.8. The molecule has 1 aliphatic heterocycles. The molecule has 8 nitrogen and oxygen atoms in total. The minimum absolute atomic E-state index is 0.343. The maximum absolute atomic E-state index is 12.6. The number of aryl methyl sites for hydroxylation is 2. The second-order valence-electron chi connectivity index (χ2n) is 6.78. The fourth-order valence-electron chi connectivity index (χ4n) is 3.04. The molecule has 1 aromatic carbocycles. The van der Waals surface area contributed by atoms with Crippen molar-refractivity contribution in [2.75, 3.05) is 20.1 Å². The Kier molecular flexibility index (Phi) is 6.35. The monoisotopic (exact) mass is 405 g/mol. The van der Waals surface area contributed by atoms with Crippen molar-refractivity contribution in [3.63, 3.8) is 0 Å². The first-order valence-electron chi connectivity index (χ1n) is 9.36. The second kappa shape index (κ2) is 8.74. The van der Waals surface area contributed by atoms with Crippen LogP contribution in [-0.2, 0) is 23.1 Å². The fourth-order valence-corrected chi connectivity index (χ4v) is 4.55. The van der Waals surface area contributed by atoms with Crippen molar-refractivity contribution in [3.8, 4) is 0 Å². The Morgan fingerprint density at radius 1 is 1.14 bits per heavy atom. The Balaban J connectivity index is 1.54. The van der Waals surface area contributed by atoms with E-state index in [0.717, 1.165) is 29.9 Å². The molecule has 0 spiro atoms. The van der Waals surface area contributed by atoms with Gasteiger partial charge in [-0.05, 0) is 44.4 Å². The van der Waals surface area contributed by atoms with Crippen LogP contribution in [0.5, 0.6) is 0 Å². The minimum Gasteiger partial charge on any atom is -0.444 e. The predicted octanol–water partition coefficient (Wildman–Crippen LogP) is 1.94. The summed E-state index contributed by atoms with van der Waals surface area (Å²) in [7, 11) is -1.69. The van der Waals surface area contributed by atoms with Gasteiger partial charge in [-0.1, -0.05) is 12.1 Å². The van der Waals surface area contributed by atoms with E-state index in [1.54, 1.807) is 23.5 Å². The molecular formula is C19H27N5O3S. The highest BCUT2D eigenvalue weighted by Crippen LogP contribution is 2.21. The lowest BCUT2D eigenvalue weighted by Gasteiger charge is -2.16. The largest absolute Gasteiger partial charge is 0.444 e. The summed E-state index contributed by atoms with van der Waals surface area (Å²) < 4.78 is 32.2. The molecule has 28 heavy (non-hydrogen) atoms. The molecular weight excluding hydrogens is 378 g/mol. The molecule has 2 heterocycles. The molecule has 152 valence electrons. The van der Waals surface area contributed by atoms with E-state index >= 15 is 0 Å². The van der Waals surface area contributed by atoms with Crippen LogP contribution in [0.3, 0.4) is 0 Å². The van der Waals surface area contributed by atoms with Gasteiger partial charge in [0.05, 0.1) is 17.1 Å². The fraction of sp³-hybridized carbons (Fsp3) is 0.474. The van der Waals surface area contributed by atoms with Crippen LogP contribution >= 0.6 is 0 Å². The number of aliphatic imine (C=N–C) groups is 1. The molecule has 0 unspecified atom stereocenters. The number of oxazole rings is 1. The number of guanidine groups is 1. The van der Waals surface area contributed by atoms with Gasteiger partial charge in [0.2, 0.25) is 15.9 Å². The van der Waals surface area contributed by atoms with Crippen molar-refractivity contribution in [1.29, 1.82) is 0 Å². The van der Waals surface area contributed by atoms with Gasteiger partial charge in [-0.3, -0.25) is 4.99 Å². The van der Waals surface area contributed by atoms with E-state index in [1.807, 2.05) is 26.0 Å². The van der Waals surface area contributed by atoms with Crippen LogP contribution in [0.4, 0.5) is 0 Å². The molecule has 1 fully saturated rings. The summed E-state index contributed by atoms with van der Waals surface area (Å²) in [6.45, 7) is 5.96. The van der Waals surface area contributed by atoms with E-state index in [1.165, 1.54) is 0 Å². The zero-order valence-corrected chi connectivity index (χ0v) is 17.3. The molecule has 1 aromatic heterocycles. The zero-order valence-electron chi connectivity index (χ0n) is 16.5. The summed E-state index contributed by atoms with van der Waals surface area (Å²) in [4.78, 5) is 8.85. The van der Waals surface area contributed by atoms with Crippen molar-refractivity contribution in [2.24, 2.45) is 4.99 Å². The third-order valence-corrected chi connectivity index (χ3v) is 6.70. The second-order valence-corrected chi connectivity index (χ2v) is 8.72. The van der Waals surface area contributed by atoms with E-state index in [9.17, 15) is 8.42 Å². The van der Waals surface area contributed by atoms with Crippen molar-refractivity contribution in [2.45, 2.75) is 44.7 Å². The number of aromatic nitrogens is 1. The predicted molar refractivity (Wildman–Crippen MR) is 107 cm³/mol. The normalized spacial score (nSPS) is 15.8. The molecule has 2 aromatic rings. The van der Waals surface area contributed by atoms with Gasteiger partial charge in [0, 0.05) is 26.7 Å². The third kappa shape index (κ3) is 4.71. The van der Waals surface area contributed by atoms with Crippen LogP contribution in [-0.4, -0.2) is 43.8 Å². The number of benzene rings is 1. The van der Waals surface area contributed by atoms with E-state index in [-0.39, 0.29) is 0 Å². The smallest absolute Gasteiger partial charge is 0.243 e. The molecule has 0 amide bonds. The minimum atomic E-state index is -3.37. The Labute approximate surface area is 166 Å². The Morgan fingerprint density at radius 3 is 2.36 bits per heavy atom. The molecule has 0 saturated carbocycles. The topological polar surface area (TPSA) is 99.8 Å². The van der Waals surface area contributed by atoms with Crippen molar-refractivity contribution < 1.29 is 12.8 Å². The van der Waals surface area contributed by atoms with E-state index in [0.29, 0.717) is 42.9 Å². The summed E-state index contributed by atoms with van der Waals surface area (Å²) >= 11 is 0. The van der Waals surface area contributed by atoms with Crippen LogP contribution < -0.4 is 10.6 Å². The molecule has 0 atom stereocenters. The van der Waals surface area contributed by atoms with Gasteiger partial charge in [0.25, 0.3) is 0 Å². The number of nitrogens with one attached hydrogen (secondary N) is 2. The lowest BCUT2D eigenvalue weighted by molar-refractivity contribution is 0.463. The van der Waals surface area contributed by atoms with Gasteiger partial charge >= 0.3 is 0 Å². The van der Waals surface area contributed by atoms with E-state index < -0.39 is 10.0 Å². The Morgan fingerprint density at radius 2 is 1.79 bits per heavy atom. The van der Waals surface area contributed by atoms with Crippen LogP contribution in [0, 0.1) is 13.8 Å². The summed E-state index contributed by atoms with van der Waals surface area (Å²) in [6, 6.07) is 6.98. The van der Waals surface area contributed by atoms with Gasteiger partial charge in [0.1, 0.15) is 5.76 Å². The number of nitrogens with zero attached hydrogens (tertiary/aromatic N) is 3. The summed E-state index contributed by atoms with van der Waals surface area (Å²) in [5, 5.41) is 6.35. The summed E-state index contributed by atoms with van der Waals surface area (Å²) in [6.07, 6.45) is 1.86. The Bertz CT molecular complexity index is 909. The van der Waals surface area contributed by atoms with Gasteiger partial charge in [-0.15, -0.1) is 0 Å². The number of hydrogen-bond acceptors (Lipinski definition) is 5. The summed E-state index contributed by atoms with van der Waals surface area (Å²) in [5.41, 5.74) is 1.84. The first kappa shape index (κ1) is 20.3. The average molecular weight is 406 g/mol. The molecule has 1 saturated heterocycles. The highest BCUT2D eigenvalue weighted by Gasteiger charge is 2.26. The highest BCUT2D eigenvalue weighted by atomic mass is 32.2. The van der Waals surface area contributed by atoms with E-state index in [2.05, 4.69) is 20.6 Å². The maximum atomic E-state index is 12.6. The van der Waals surface area contributed by atoms with Gasteiger partial charge in [0.15, 0.2) is 5.96 Å². The van der Waals surface area contributed by atoms with Crippen LogP contribution in [0.1, 0.15) is 35.7 Å². The van der Waals surface area contributed by atoms with Crippen LogP contribution in [0.2, 0.25) is 0 Å². The molecule has 2 N–H and O–H groups in total. The van der Waals surface area contributed by atoms with Crippen LogP contribution in [0.15, 0.2) is 38.6 Å². The number of rotatable bonds is 6. The molecule has 1 aliphatic rings. The maximum Gasteiger partial charge on any atom is 0.243 e. The molecule has 0 radical (unpaired) electrons. The van der Waals surface area contributed by atoms with Gasteiger partial charge in [-0.2, -0.15) is 4.31 Å². The SMILES string of the molecule is CN=C(NCc1ccc(S(=O)(=O)N2CCCC2)cc1)NCc1nc(C)c(C)o1. The first-order chi connectivity index (χ1) is 13.4. The lowest BCUT2D eigenvalue weighted by Crippen LogP contribution is -2.36. The molecule has 0 bridgehead atoms. The van der Waals surface area contributed by atoms with Gasteiger partial charge < -0.3 is 15.1 Å². The van der Waals surface area contributed by atoms with Crippen LogP contribution in [0.25, 0.3) is 0 Å². The Hall–Kier alpha value is -2.39. The lowest BCUT2D eigenvalue weighted by atomic mass is 10.2.